The van der Waals surface area contributed by atoms with E-state index >= 15 is 0 Å². The molecule has 4 heteroatoms. The minimum Gasteiger partial charge on any atom is -0.345 e. The van der Waals surface area contributed by atoms with Crippen molar-refractivity contribution in [2.45, 2.75) is 110 Å². The van der Waals surface area contributed by atoms with Gasteiger partial charge in [-0.2, -0.15) is 0 Å². The van der Waals surface area contributed by atoms with Crippen LogP contribution in [0.15, 0.2) is 42.6 Å². The van der Waals surface area contributed by atoms with Crippen molar-refractivity contribution in [3.8, 4) is 0 Å². The molecule has 1 amide bonds. The first-order chi connectivity index (χ1) is 15.7. The van der Waals surface area contributed by atoms with Gasteiger partial charge in [-0.15, -0.1) is 0 Å². The van der Waals surface area contributed by atoms with Gasteiger partial charge in [0.05, 0.1) is 6.54 Å². The highest BCUT2D eigenvalue weighted by atomic mass is 19.1. The molecule has 1 saturated carbocycles. The molecule has 176 valence electrons. The van der Waals surface area contributed by atoms with E-state index in [0.29, 0.717) is 31.5 Å². The van der Waals surface area contributed by atoms with Crippen LogP contribution in [0.1, 0.15) is 102 Å². The third kappa shape index (κ3) is 7.79. The number of benzene rings is 1. The molecule has 0 radical (unpaired) electrons. The molecule has 3 nitrogen and oxygen atoms in total. The third-order valence-electron chi connectivity index (χ3n) is 6.85. The lowest BCUT2D eigenvalue weighted by Gasteiger charge is -2.35. The lowest BCUT2D eigenvalue weighted by molar-refractivity contribution is -0.135. The number of halogens is 1. The molecular formula is C28H41FN2O. The van der Waals surface area contributed by atoms with Crippen LogP contribution in [-0.2, 0) is 17.9 Å². The van der Waals surface area contributed by atoms with Crippen LogP contribution in [0.4, 0.5) is 4.39 Å². The Hall–Kier alpha value is -2.10. The molecule has 1 fully saturated rings. The molecule has 1 aliphatic rings. The Labute approximate surface area is 194 Å². The highest BCUT2D eigenvalue weighted by Gasteiger charge is 2.26. The molecule has 0 bridgehead atoms. The number of hydrogen-bond donors (Lipinski definition) is 0. The van der Waals surface area contributed by atoms with Crippen LogP contribution in [0.3, 0.4) is 0 Å². The highest BCUT2D eigenvalue weighted by molar-refractivity contribution is 5.76. The zero-order chi connectivity index (χ0) is 22.6. The van der Waals surface area contributed by atoms with E-state index < -0.39 is 0 Å². The summed E-state index contributed by atoms with van der Waals surface area (Å²) in [5, 5.41) is 0. The quantitative estimate of drug-likeness (QED) is 0.296. The van der Waals surface area contributed by atoms with E-state index in [1.165, 1.54) is 63.5 Å². The minimum atomic E-state index is -0.207. The van der Waals surface area contributed by atoms with Gasteiger partial charge < -0.3 is 9.47 Å². The summed E-state index contributed by atoms with van der Waals surface area (Å²) in [6, 6.07) is 11.2. The normalized spacial score (nSPS) is 14.6. The molecule has 2 aromatic rings. The average molecular weight is 441 g/mol. The van der Waals surface area contributed by atoms with Gasteiger partial charge in [0.1, 0.15) is 5.82 Å². The zero-order valence-corrected chi connectivity index (χ0v) is 19.9. The van der Waals surface area contributed by atoms with Crippen LogP contribution in [0.2, 0.25) is 0 Å². The highest BCUT2D eigenvalue weighted by Crippen LogP contribution is 2.26. The van der Waals surface area contributed by atoms with E-state index in [1.54, 1.807) is 0 Å². The van der Waals surface area contributed by atoms with Crippen LogP contribution < -0.4 is 0 Å². The molecule has 0 N–H and O–H groups in total. The molecule has 1 aliphatic carbocycles. The fourth-order valence-electron chi connectivity index (χ4n) is 4.90. The summed E-state index contributed by atoms with van der Waals surface area (Å²) in [5.41, 5.74) is 2.23. The van der Waals surface area contributed by atoms with Crippen molar-refractivity contribution < 1.29 is 9.18 Å². The van der Waals surface area contributed by atoms with Crippen LogP contribution in [0.5, 0.6) is 0 Å². The molecule has 32 heavy (non-hydrogen) atoms. The maximum atomic E-state index is 13.3. The third-order valence-corrected chi connectivity index (χ3v) is 6.85. The van der Waals surface area contributed by atoms with E-state index in [1.807, 2.05) is 12.1 Å². The molecule has 0 atom stereocenters. The molecular weight excluding hydrogens is 399 g/mol. The van der Waals surface area contributed by atoms with Crippen molar-refractivity contribution >= 4 is 5.91 Å². The van der Waals surface area contributed by atoms with Gasteiger partial charge in [-0.25, -0.2) is 4.39 Å². The molecule has 1 aromatic heterocycles. The molecule has 0 spiro atoms. The lowest BCUT2D eigenvalue weighted by Crippen LogP contribution is -2.41. The fourth-order valence-corrected chi connectivity index (χ4v) is 4.90. The second-order valence-electron chi connectivity index (χ2n) is 9.44. The largest absolute Gasteiger partial charge is 0.345 e. The number of carbonyl (C=O) groups excluding carboxylic acids is 1. The van der Waals surface area contributed by atoms with E-state index in [9.17, 15) is 9.18 Å². The number of unbranched alkanes of at least 4 members (excludes halogenated alkanes) is 6. The maximum Gasteiger partial charge on any atom is 0.223 e. The summed E-state index contributed by atoms with van der Waals surface area (Å²) >= 11 is 0. The first-order valence-corrected chi connectivity index (χ1v) is 12.9. The van der Waals surface area contributed by atoms with Gasteiger partial charge in [0, 0.05) is 30.9 Å². The predicted octanol–water partition coefficient (Wildman–Crippen LogP) is 7.48. The summed E-state index contributed by atoms with van der Waals surface area (Å²) in [7, 11) is 0. The van der Waals surface area contributed by atoms with Gasteiger partial charge in [-0.05, 0) is 49.1 Å². The minimum absolute atomic E-state index is 0.207. The van der Waals surface area contributed by atoms with Crippen molar-refractivity contribution in [2.24, 2.45) is 0 Å². The monoisotopic (exact) mass is 440 g/mol. The molecule has 0 unspecified atom stereocenters. The predicted molar refractivity (Wildman–Crippen MR) is 130 cm³/mol. The Morgan fingerprint density at radius 2 is 1.66 bits per heavy atom. The van der Waals surface area contributed by atoms with Gasteiger partial charge in [0.25, 0.3) is 0 Å². The summed E-state index contributed by atoms with van der Waals surface area (Å²) < 4.78 is 15.5. The summed E-state index contributed by atoms with van der Waals surface area (Å²) in [4.78, 5) is 15.5. The molecule has 3 rings (SSSR count). The first-order valence-electron chi connectivity index (χ1n) is 12.9. The molecule has 1 aromatic carbocycles. The summed E-state index contributed by atoms with van der Waals surface area (Å²) in [6.45, 7) is 3.62. The van der Waals surface area contributed by atoms with Crippen LogP contribution in [0, 0.1) is 5.82 Å². The van der Waals surface area contributed by atoms with E-state index in [-0.39, 0.29) is 5.82 Å². The standard InChI is InChI=1S/C28H41FN2O/c1-2-3-4-5-6-7-11-16-28(32)31(26-13-9-8-10-14-26)23-27-15-12-21-30(27)22-24-17-19-25(29)20-18-24/h12,15,17-21,26H,2-11,13-14,16,22-23H2,1H3. The average Bonchev–Trinajstić information content (AvgIpc) is 3.25. The van der Waals surface area contributed by atoms with Gasteiger partial charge in [0.15, 0.2) is 0 Å². The van der Waals surface area contributed by atoms with Crippen molar-refractivity contribution in [3.05, 3.63) is 59.7 Å². The molecule has 1 heterocycles. The van der Waals surface area contributed by atoms with E-state index in [0.717, 1.165) is 36.9 Å². The van der Waals surface area contributed by atoms with Gasteiger partial charge in [-0.1, -0.05) is 76.8 Å². The summed E-state index contributed by atoms with van der Waals surface area (Å²) in [5.74, 6) is 0.112. The number of hydrogen-bond acceptors (Lipinski definition) is 1. The fraction of sp³-hybridized carbons (Fsp3) is 0.607. The van der Waals surface area contributed by atoms with E-state index in [2.05, 4.69) is 34.7 Å². The van der Waals surface area contributed by atoms with Crippen LogP contribution in [-0.4, -0.2) is 21.4 Å². The number of amides is 1. The summed E-state index contributed by atoms with van der Waals surface area (Å²) in [6.07, 6.45) is 17.4. The Balaban J connectivity index is 1.59. The molecule has 0 saturated heterocycles. The van der Waals surface area contributed by atoms with Gasteiger partial charge in [-0.3, -0.25) is 4.79 Å². The smallest absolute Gasteiger partial charge is 0.223 e. The van der Waals surface area contributed by atoms with Crippen LogP contribution in [0.25, 0.3) is 0 Å². The number of rotatable bonds is 13. The number of nitrogens with zero attached hydrogens (tertiary/aromatic N) is 2. The van der Waals surface area contributed by atoms with Gasteiger partial charge in [0.2, 0.25) is 5.91 Å². The van der Waals surface area contributed by atoms with E-state index in [4.69, 9.17) is 0 Å². The second kappa shape index (κ2) is 13.4. The maximum absolute atomic E-state index is 13.3. The Morgan fingerprint density at radius 1 is 0.969 bits per heavy atom. The number of aromatic nitrogens is 1. The van der Waals surface area contributed by atoms with Crippen molar-refractivity contribution in [2.75, 3.05) is 0 Å². The Bertz CT molecular complexity index is 792. The van der Waals surface area contributed by atoms with Crippen molar-refractivity contribution in [3.63, 3.8) is 0 Å². The zero-order valence-electron chi connectivity index (χ0n) is 19.9. The topological polar surface area (TPSA) is 25.2 Å². The Kier molecular flexibility index (Phi) is 10.3. The van der Waals surface area contributed by atoms with Crippen molar-refractivity contribution in [1.82, 2.24) is 9.47 Å². The first kappa shape index (κ1) is 24.5. The Morgan fingerprint density at radius 3 is 2.38 bits per heavy atom. The lowest BCUT2D eigenvalue weighted by atomic mass is 9.93. The van der Waals surface area contributed by atoms with Crippen LogP contribution >= 0.6 is 0 Å². The second-order valence-corrected chi connectivity index (χ2v) is 9.44. The number of carbonyl (C=O) groups is 1. The van der Waals surface area contributed by atoms with Crippen molar-refractivity contribution in [1.29, 1.82) is 0 Å². The molecule has 0 aliphatic heterocycles. The SMILES string of the molecule is CCCCCCCCCC(=O)N(Cc1cccn1Cc1ccc(F)cc1)C1CCCCC1. The van der Waals surface area contributed by atoms with Gasteiger partial charge >= 0.3 is 0 Å².